The summed E-state index contributed by atoms with van der Waals surface area (Å²) in [6.07, 6.45) is 0.943. The fourth-order valence-electron chi connectivity index (χ4n) is 0.874. The predicted octanol–water partition coefficient (Wildman–Crippen LogP) is -0.235. The average Bonchev–Trinajstić information content (AvgIpc) is 2.25. The van der Waals surface area contributed by atoms with Crippen molar-refractivity contribution < 1.29 is 14.3 Å². The molecule has 2 N–H and O–H groups in total. The van der Waals surface area contributed by atoms with Crippen molar-refractivity contribution in [2.75, 3.05) is 46.6 Å². The zero-order valence-corrected chi connectivity index (χ0v) is 9.67. The highest BCUT2D eigenvalue weighted by Gasteiger charge is 1.98. The number of hydrogen-bond acceptors (Lipinski definition) is 4. The Morgan fingerprint density at radius 2 is 1.87 bits per heavy atom. The molecule has 0 aromatic heterocycles. The second kappa shape index (κ2) is 11.4. The number of rotatable bonds is 10. The summed E-state index contributed by atoms with van der Waals surface area (Å²) < 4.78 is 10.3. The van der Waals surface area contributed by atoms with Gasteiger partial charge in [-0.05, 0) is 13.5 Å². The molecule has 90 valence electrons. The zero-order chi connectivity index (χ0) is 11.4. The molecule has 0 unspecified atom stereocenters. The van der Waals surface area contributed by atoms with E-state index < -0.39 is 0 Å². The van der Waals surface area contributed by atoms with Crippen LogP contribution in [0.25, 0.3) is 0 Å². The Morgan fingerprint density at radius 3 is 2.53 bits per heavy atom. The summed E-state index contributed by atoms with van der Waals surface area (Å²) in [5.74, 6) is -0.0629. The quantitative estimate of drug-likeness (QED) is 0.497. The van der Waals surface area contributed by atoms with Gasteiger partial charge in [0.05, 0.1) is 19.8 Å². The zero-order valence-electron chi connectivity index (χ0n) is 9.67. The third kappa shape index (κ3) is 11.3. The molecule has 0 aliphatic rings. The summed E-state index contributed by atoms with van der Waals surface area (Å²) in [7, 11) is 1.87. The molecule has 0 bridgehead atoms. The van der Waals surface area contributed by atoms with Crippen LogP contribution in [0.3, 0.4) is 0 Å². The summed E-state index contributed by atoms with van der Waals surface area (Å²) in [6.45, 7) is 5.33. The number of likely N-dealkylation sites (N-methyl/N-ethyl adjacent to an activating group) is 1. The minimum Gasteiger partial charge on any atom is -0.378 e. The number of carbonyl (C=O) groups is 1. The van der Waals surface area contributed by atoms with Gasteiger partial charge in [0, 0.05) is 13.1 Å². The molecule has 0 aromatic carbocycles. The van der Waals surface area contributed by atoms with Crippen LogP contribution in [0.5, 0.6) is 0 Å². The topological polar surface area (TPSA) is 59.6 Å². The van der Waals surface area contributed by atoms with Crippen molar-refractivity contribution in [3.63, 3.8) is 0 Å². The van der Waals surface area contributed by atoms with Gasteiger partial charge in [-0.1, -0.05) is 6.92 Å². The molecule has 0 aromatic rings. The molecule has 0 radical (unpaired) electrons. The molecule has 15 heavy (non-hydrogen) atoms. The lowest BCUT2D eigenvalue weighted by Crippen LogP contribution is -2.28. The molecule has 0 rings (SSSR count). The van der Waals surface area contributed by atoms with Crippen molar-refractivity contribution in [2.45, 2.75) is 13.3 Å². The van der Waals surface area contributed by atoms with Gasteiger partial charge in [0.15, 0.2) is 0 Å². The van der Waals surface area contributed by atoms with E-state index in [0.29, 0.717) is 26.4 Å². The van der Waals surface area contributed by atoms with E-state index in [1.807, 2.05) is 14.0 Å². The van der Waals surface area contributed by atoms with Gasteiger partial charge in [-0.3, -0.25) is 4.79 Å². The number of carbonyl (C=O) groups excluding carboxylic acids is 1. The summed E-state index contributed by atoms with van der Waals surface area (Å²) in [5, 5.41) is 5.70. The summed E-state index contributed by atoms with van der Waals surface area (Å²) >= 11 is 0. The van der Waals surface area contributed by atoms with Gasteiger partial charge in [-0.15, -0.1) is 0 Å². The van der Waals surface area contributed by atoms with Crippen LogP contribution in [0.15, 0.2) is 0 Å². The van der Waals surface area contributed by atoms with Crippen LogP contribution in [0.4, 0.5) is 0 Å². The van der Waals surface area contributed by atoms with E-state index in [1.165, 1.54) is 0 Å². The first-order valence-corrected chi connectivity index (χ1v) is 5.38. The Labute approximate surface area is 91.5 Å². The highest BCUT2D eigenvalue weighted by atomic mass is 16.5. The first-order chi connectivity index (χ1) is 7.31. The van der Waals surface area contributed by atoms with Gasteiger partial charge >= 0.3 is 0 Å². The molecule has 0 spiro atoms. The van der Waals surface area contributed by atoms with Gasteiger partial charge in [0.25, 0.3) is 0 Å². The van der Waals surface area contributed by atoms with Crippen molar-refractivity contribution in [3.05, 3.63) is 0 Å². The van der Waals surface area contributed by atoms with Gasteiger partial charge in [-0.2, -0.15) is 0 Å². The highest BCUT2D eigenvalue weighted by molar-refractivity contribution is 5.77. The predicted molar refractivity (Wildman–Crippen MR) is 58.9 cm³/mol. The van der Waals surface area contributed by atoms with Crippen LogP contribution >= 0.6 is 0 Å². The maximum atomic E-state index is 11.1. The molecule has 0 aliphatic carbocycles. The molecule has 0 aliphatic heterocycles. The molecule has 0 fully saturated rings. The van der Waals surface area contributed by atoms with E-state index in [4.69, 9.17) is 9.47 Å². The Bertz CT molecular complexity index is 154. The Morgan fingerprint density at radius 1 is 1.13 bits per heavy atom. The molecule has 1 amide bonds. The Kier molecular flexibility index (Phi) is 10.9. The van der Waals surface area contributed by atoms with E-state index in [2.05, 4.69) is 10.6 Å². The minimum atomic E-state index is -0.0629. The van der Waals surface area contributed by atoms with E-state index in [9.17, 15) is 4.79 Å². The fourth-order valence-corrected chi connectivity index (χ4v) is 0.874. The summed E-state index contributed by atoms with van der Waals surface area (Å²) in [4.78, 5) is 11.1. The SMILES string of the molecule is CCCNC(=O)COCCOCCNC. The normalized spacial score (nSPS) is 10.3. The Balaban J connectivity index is 3.06. The molecule has 0 saturated heterocycles. The van der Waals surface area contributed by atoms with Crippen LogP contribution in [0.2, 0.25) is 0 Å². The van der Waals surface area contributed by atoms with Crippen LogP contribution < -0.4 is 10.6 Å². The van der Waals surface area contributed by atoms with Crippen molar-refractivity contribution in [2.24, 2.45) is 0 Å². The van der Waals surface area contributed by atoms with E-state index in [0.717, 1.165) is 13.0 Å². The van der Waals surface area contributed by atoms with Crippen molar-refractivity contribution in [1.29, 1.82) is 0 Å². The van der Waals surface area contributed by atoms with Gasteiger partial charge in [0.1, 0.15) is 6.61 Å². The van der Waals surface area contributed by atoms with Crippen LogP contribution in [-0.4, -0.2) is 52.5 Å². The number of amides is 1. The first-order valence-electron chi connectivity index (χ1n) is 5.38. The van der Waals surface area contributed by atoms with Crippen LogP contribution in [0, 0.1) is 0 Å². The summed E-state index contributed by atoms with van der Waals surface area (Å²) in [5.41, 5.74) is 0. The lowest BCUT2D eigenvalue weighted by atomic mass is 10.5. The van der Waals surface area contributed by atoms with Crippen LogP contribution in [0.1, 0.15) is 13.3 Å². The largest absolute Gasteiger partial charge is 0.378 e. The lowest BCUT2D eigenvalue weighted by Gasteiger charge is -2.06. The first kappa shape index (κ1) is 14.3. The molecule has 5 heteroatoms. The maximum Gasteiger partial charge on any atom is 0.245 e. The van der Waals surface area contributed by atoms with Crippen molar-refractivity contribution in [3.8, 4) is 0 Å². The molecule has 5 nitrogen and oxygen atoms in total. The molecule has 0 atom stereocenters. The lowest BCUT2D eigenvalue weighted by molar-refractivity contribution is -0.126. The van der Waals surface area contributed by atoms with Crippen molar-refractivity contribution in [1.82, 2.24) is 10.6 Å². The molecular formula is C10H22N2O3. The van der Waals surface area contributed by atoms with Gasteiger partial charge in [0.2, 0.25) is 5.91 Å². The standard InChI is InChI=1S/C10H22N2O3/c1-3-4-12-10(13)9-15-8-7-14-6-5-11-2/h11H,3-9H2,1-2H3,(H,12,13). The minimum absolute atomic E-state index is 0.0629. The summed E-state index contributed by atoms with van der Waals surface area (Å²) in [6, 6.07) is 0. The third-order valence-corrected chi connectivity index (χ3v) is 1.67. The maximum absolute atomic E-state index is 11.1. The fraction of sp³-hybridized carbons (Fsp3) is 0.900. The number of nitrogens with one attached hydrogen (secondary N) is 2. The Hall–Kier alpha value is -0.650. The van der Waals surface area contributed by atoms with E-state index in [-0.39, 0.29) is 12.5 Å². The third-order valence-electron chi connectivity index (χ3n) is 1.67. The number of ether oxygens (including phenoxy) is 2. The average molecular weight is 218 g/mol. The monoisotopic (exact) mass is 218 g/mol. The highest BCUT2D eigenvalue weighted by Crippen LogP contribution is 1.79. The molecule has 0 saturated carbocycles. The van der Waals surface area contributed by atoms with Gasteiger partial charge < -0.3 is 20.1 Å². The molecule has 0 heterocycles. The van der Waals surface area contributed by atoms with Gasteiger partial charge in [-0.25, -0.2) is 0 Å². The second-order valence-electron chi connectivity index (χ2n) is 3.12. The van der Waals surface area contributed by atoms with E-state index >= 15 is 0 Å². The second-order valence-corrected chi connectivity index (χ2v) is 3.12. The smallest absolute Gasteiger partial charge is 0.245 e. The van der Waals surface area contributed by atoms with E-state index in [1.54, 1.807) is 0 Å². The van der Waals surface area contributed by atoms with Crippen LogP contribution in [-0.2, 0) is 14.3 Å². The van der Waals surface area contributed by atoms with Crippen molar-refractivity contribution >= 4 is 5.91 Å². The number of hydrogen-bond donors (Lipinski definition) is 2. The molecular weight excluding hydrogens is 196 g/mol.